The number of hydrogen-bond donors (Lipinski definition) is 2. The summed E-state index contributed by atoms with van der Waals surface area (Å²) >= 11 is 0. The summed E-state index contributed by atoms with van der Waals surface area (Å²) in [5.41, 5.74) is 0.795. The SMILES string of the molecule is CC(C)(CNC(=O)[C@@]12CCCC[C@H]1CNC2)c1ccc2c(c1)OCCO2.Cl. The Morgan fingerprint density at radius 1 is 1.26 bits per heavy atom. The molecule has 0 radical (unpaired) electrons. The monoisotopic (exact) mass is 394 g/mol. The minimum atomic E-state index is -0.193. The Bertz CT molecular complexity index is 694. The van der Waals surface area contributed by atoms with Crippen molar-refractivity contribution >= 4 is 18.3 Å². The van der Waals surface area contributed by atoms with Crippen molar-refractivity contribution in [1.29, 1.82) is 0 Å². The Hall–Kier alpha value is -1.46. The third kappa shape index (κ3) is 3.77. The van der Waals surface area contributed by atoms with Crippen molar-refractivity contribution in [3.8, 4) is 11.5 Å². The van der Waals surface area contributed by atoms with E-state index in [1.165, 1.54) is 12.8 Å². The predicted molar refractivity (Wildman–Crippen MR) is 108 cm³/mol. The molecule has 0 bridgehead atoms. The largest absolute Gasteiger partial charge is 0.486 e. The smallest absolute Gasteiger partial charge is 0.227 e. The average molecular weight is 395 g/mol. The van der Waals surface area contributed by atoms with E-state index in [0.717, 1.165) is 43.0 Å². The fraction of sp³-hybridized carbons (Fsp3) is 0.667. The molecule has 0 spiro atoms. The van der Waals surface area contributed by atoms with Gasteiger partial charge in [-0.1, -0.05) is 32.8 Å². The van der Waals surface area contributed by atoms with E-state index in [9.17, 15) is 4.79 Å². The van der Waals surface area contributed by atoms with Gasteiger partial charge >= 0.3 is 0 Å². The van der Waals surface area contributed by atoms with Gasteiger partial charge in [-0.15, -0.1) is 12.4 Å². The fourth-order valence-electron chi connectivity index (χ4n) is 4.73. The quantitative estimate of drug-likeness (QED) is 0.824. The van der Waals surface area contributed by atoms with Crippen LogP contribution in [-0.4, -0.2) is 38.8 Å². The standard InChI is InChI=1S/C21H30N2O3.ClH/c1-20(2,15-6-7-17-18(11-15)26-10-9-25-17)13-23-19(24)21-8-4-3-5-16(21)12-22-14-21;/h6-7,11,16,22H,3-5,8-10,12-14H2,1-2H3,(H,23,24);1H/t16-,21+;/m0./s1. The predicted octanol–water partition coefficient (Wildman–Crippen LogP) is 3.05. The molecular formula is C21H31ClN2O3. The number of ether oxygens (including phenoxy) is 2. The van der Waals surface area contributed by atoms with Crippen LogP contribution in [0.1, 0.15) is 45.1 Å². The number of fused-ring (bicyclic) bond motifs is 2. The summed E-state index contributed by atoms with van der Waals surface area (Å²) in [5, 5.41) is 6.74. The topological polar surface area (TPSA) is 59.6 Å². The van der Waals surface area contributed by atoms with E-state index in [1.807, 2.05) is 6.07 Å². The highest BCUT2D eigenvalue weighted by molar-refractivity contribution is 5.85. The lowest BCUT2D eigenvalue weighted by molar-refractivity contribution is -0.134. The molecule has 1 aliphatic carbocycles. The van der Waals surface area contributed by atoms with Gasteiger partial charge in [-0.3, -0.25) is 4.79 Å². The number of hydrogen-bond acceptors (Lipinski definition) is 4. The van der Waals surface area contributed by atoms with E-state index in [-0.39, 0.29) is 29.1 Å². The zero-order valence-corrected chi connectivity index (χ0v) is 17.1. The summed E-state index contributed by atoms with van der Waals surface area (Å²) in [5.74, 6) is 2.34. The molecule has 1 amide bonds. The maximum Gasteiger partial charge on any atom is 0.227 e. The maximum absolute atomic E-state index is 13.1. The molecule has 5 nitrogen and oxygen atoms in total. The first-order valence-corrected chi connectivity index (χ1v) is 9.90. The van der Waals surface area contributed by atoms with Crippen LogP contribution in [0.3, 0.4) is 0 Å². The van der Waals surface area contributed by atoms with Crippen LogP contribution in [0.4, 0.5) is 0 Å². The van der Waals surface area contributed by atoms with Gasteiger partial charge in [0.25, 0.3) is 0 Å². The van der Waals surface area contributed by atoms with Crippen LogP contribution in [0.2, 0.25) is 0 Å². The number of amides is 1. The molecule has 1 aromatic carbocycles. The van der Waals surface area contributed by atoms with Crippen LogP contribution in [-0.2, 0) is 10.2 Å². The van der Waals surface area contributed by atoms with E-state index >= 15 is 0 Å². The molecule has 0 aromatic heterocycles. The molecule has 1 saturated carbocycles. The fourth-order valence-corrected chi connectivity index (χ4v) is 4.73. The molecule has 2 fully saturated rings. The van der Waals surface area contributed by atoms with E-state index in [1.54, 1.807) is 0 Å². The van der Waals surface area contributed by atoms with Crippen molar-refractivity contribution in [2.45, 2.75) is 44.9 Å². The van der Waals surface area contributed by atoms with Crippen LogP contribution < -0.4 is 20.1 Å². The molecule has 27 heavy (non-hydrogen) atoms. The summed E-state index contributed by atoms with van der Waals surface area (Å²) < 4.78 is 11.3. The van der Waals surface area contributed by atoms with Gasteiger partial charge in [0.2, 0.25) is 5.91 Å². The second-order valence-corrected chi connectivity index (χ2v) is 8.65. The van der Waals surface area contributed by atoms with Crippen LogP contribution in [0, 0.1) is 11.3 Å². The Kier molecular flexibility index (Phi) is 5.92. The molecule has 6 heteroatoms. The van der Waals surface area contributed by atoms with Crippen LogP contribution in [0.15, 0.2) is 18.2 Å². The number of benzene rings is 1. The van der Waals surface area contributed by atoms with Gasteiger partial charge in [0.05, 0.1) is 5.41 Å². The van der Waals surface area contributed by atoms with Crippen molar-refractivity contribution in [3.63, 3.8) is 0 Å². The Labute approximate surface area is 168 Å². The number of rotatable bonds is 4. The maximum atomic E-state index is 13.1. The van der Waals surface area contributed by atoms with Crippen molar-refractivity contribution in [3.05, 3.63) is 23.8 Å². The lowest BCUT2D eigenvalue weighted by atomic mass is 9.67. The van der Waals surface area contributed by atoms with Gasteiger partial charge in [-0.25, -0.2) is 0 Å². The van der Waals surface area contributed by atoms with Gasteiger partial charge in [0.15, 0.2) is 11.5 Å². The first-order chi connectivity index (χ1) is 12.5. The van der Waals surface area contributed by atoms with Gasteiger partial charge < -0.3 is 20.1 Å². The molecule has 3 aliphatic rings. The third-order valence-electron chi connectivity index (χ3n) is 6.50. The number of carbonyl (C=O) groups excluding carboxylic acids is 1. The lowest BCUT2D eigenvalue weighted by Crippen LogP contribution is -2.50. The molecule has 1 saturated heterocycles. The highest BCUT2D eigenvalue weighted by Gasteiger charge is 2.49. The van der Waals surface area contributed by atoms with Gasteiger partial charge in [-0.2, -0.15) is 0 Å². The second-order valence-electron chi connectivity index (χ2n) is 8.65. The minimum absolute atomic E-state index is 0. The van der Waals surface area contributed by atoms with E-state index in [2.05, 4.69) is 36.6 Å². The second kappa shape index (κ2) is 7.88. The molecule has 2 N–H and O–H groups in total. The van der Waals surface area contributed by atoms with Crippen molar-refractivity contribution in [1.82, 2.24) is 10.6 Å². The normalized spacial score (nSPS) is 26.7. The van der Waals surface area contributed by atoms with E-state index in [4.69, 9.17) is 9.47 Å². The summed E-state index contributed by atoms with van der Waals surface area (Å²) in [6.45, 7) is 7.96. The number of nitrogens with one attached hydrogen (secondary N) is 2. The Balaban J connectivity index is 0.00000210. The Morgan fingerprint density at radius 3 is 2.85 bits per heavy atom. The summed E-state index contributed by atoms with van der Waals surface area (Å²) in [4.78, 5) is 13.1. The molecule has 1 aromatic rings. The molecule has 150 valence electrons. The first-order valence-electron chi connectivity index (χ1n) is 9.90. The molecule has 0 unspecified atom stereocenters. The third-order valence-corrected chi connectivity index (χ3v) is 6.50. The summed E-state index contributed by atoms with van der Waals surface area (Å²) in [6.07, 6.45) is 4.61. The van der Waals surface area contributed by atoms with Crippen LogP contribution in [0.5, 0.6) is 11.5 Å². The average Bonchev–Trinajstić information content (AvgIpc) is 3.11. The van der Waals surface area contributed by atoms with Gasteiger partial charge in [-0.05, 0) is 43.0 Å². The number of halogens is 1. The van der Waals surface area contributed by atoms with E-state index in [0.29, 0.717) is 25.7 Å². The Morgan fingerprint density at radius 2 is 2.04 bits per heavy atom. The van der Waals surface area contributed by atoms with Crippen molar-refractivity contribution in [2.24, 2.45) is 11.3 Å². The summed E-state index contributed by atoms with van der Waals surface area (Å²) in [7, 11) is 0. The van der Waals surface area contributed by atoms with Gasteiger partial charge in [0, 0.05) is 18.5 Å². The van der Waals surface area contributed by atoms with Crippen molar-refractivity contribution in [2.75, 3.05) is 32.8 Å². The van der Waals surface area contributed by atoms with Crippen LogP contribution in [0.25, 0.3) is 0 Å². The molecule has 2 aliphatic heterocycles. The van der Waals surface area contributed by atoms with Gasteiger partial charge in [0.1, 0.15) is 13.2 Å². The van der Waals surface area contributed by atoms with Crippen LogP contribution >= 0.6 is 12.4 Å². The first kappa shape index (κ1) is 20.3. The highest BCUT2D eigenvalue weighted by atomic mass is 35.5. The molecule has 4 rings (SSSR count). The summed E-state index contributed by atoms with van der Waals surface area (Å²) in [6, 6.07) is 6.11. The molecule has 2 heterocycles. The van der Waals surface area contributed by atoms with E-state index < -0.39 is 0 Å². The minimum Gasteiger partial charge on any atom is -0.486 e. The zero-order chi connectivity index (χ0) is 18.2. The molecule has 2 atom stereocenters. The molecular weight excluding hydrogens is 364 g/mol. The number of carbonyl (C=O) groups is 1. The van der Waals surface area contributed by atoms with Crippen molar-refractivity contribution < 1.29 is 14.3 Å². The lowest BCUT2D eigenvalue weighted by Gasteiger charge is -2.38. The highest BCUT2D eigenvalue weighted by Crippen LogP contribution is 2.44. The zero-order valence-electron chi connectivity index (χ0n) is 16.3.